The molecule has 7 heteroatoms. The molecular formula is C21H27Cl2N3O2. The molecule has 0 radical (unpaired) electrons. The Morgan fingerprint density at radius 1 is 0.964 bits per heavy atom. The molecule has 0 amide bonds. The fourth-order valence-electron chi connectivity index (χ4n) is 3.69. The summed E-state index contributed by atoms with van der Waals surface area (Å²) in [7, 11) is 1.74. The van der Waals surface area contributed by atoms with Gasteiger partial charge in [-0.25, -0.2) is 0 Å². The van der Waals surface area contributed by atoms with Crippen molar-refractivity contribution in [2.45, 2.75) is 12.8 Å². The topological polar surface area (TPSA) is 41.7 Å². The minimum absolute atomic E-state index is 0. The van der Waals surface area contributed by atoms with Gasteiger partial charge in [0.1, 0.15) is 5.75 Å². The zero-order valence-electron chi connectivity index (χ0n) is 16.0. The molecule has 0 bridgehead atoms. The Morgan fingerprint density at radius 3 is 2.46 bits per heavy atom. The lowest BCUT2D eigenvalue weighted by molar-refractivity contribution is 0.253. The number of methoxy groups -OCH3 is 1. The zero-order valence-corrected chi connectivity index (χ0v) is 17.7. The molecular weight excluding hydrogens is 397 g/mol. The summed E-state index contributed by atoms with van der Waals surface area (Å²) in [6.45, 7) is 5.33. The Labute approximate surface area is 178 Å². The van der Waals surface area contributed by atoms with E-state index in [-0.39, 0.29) is 24.8 Å². The van der Waals surface area contributed by atoms with Gasteiger partial charge in [-0.2, -0.15) is 0 Å². The van der Waals surface area contributed by atoms with Crippen LogP contribution in [-0.4, -0.2) is 49.9 Å². The highest BCUT2D eigenvalue weighted by atomic mass is 35.5. The molecule has 0 atom stereocenters. The standard InChI is InChI=1S/C21H25N3O2.2ClH/c1-25-21-11-5-3-9-19(21)24-15-13-23(14-16-24)12-6-8-18-17-7-2-4-10-20(17)26-22-18;;/h2-5,7,9-11H,6,8,12-16H2,1H3;2*1H. The van der Waals surface area contributed by atoms with Crippen LogP contribution in [0, 0.1) is 0 Å². The molecule has 0 saturated carbocycles. The molecule has 3 aromatic rings. The molecule has 1 fully saturated rings. The van der Waals surface area contributed by atoms with Gasteiger partial charge in [-0.3, -0.25) is 4.90 Å². The predicted molar refractivity (Wildman–Crippen MR) is 118 cm³/mol. The van der Waals surface area contributed by atoms with Crippen LogP contribution in [0.3, 0.4) is 0 Å². The molecule has 4 rings (SSSR count). The smallest absolute Gasteiger partial charge is 0.167 e. The largest absolute Gasteiger partial charge is 0.495 e. The van der Waals surface area contributed by atoms with E-state index in [1.54, 1.807) is 7.11 Å². The van der Waals surface area contributed by atoms with Gasteiger partial charge < -0.3 is 14.2 Å². The van der Waals surface area contributed by atoms with Gasteiger partial charge in [-0.15, -0.1) is 24.8 Å². The number of ether oxygens (including phenoxy) is 1. The highest BCUT2D eigenvalue weighted by molar-refractivity contribution is 5.85. The van der Waals surface area contributed by atoms with Crippen molar-refractivity contribution >= 4 is 41.5 Å². The average Bonchev–Trinajstić information content (AvgIpc) is 3.12. The molecule has 2 heterocycles. The first-order chi connectivity index (χ1) is 12.8. The Hall–Kier alpha value is -1.95. The van der Waals surface area contributed by atoms with Crippen LogP contribution < -0.4 is 9.64 Å². The lowest BCUT2D eigenvalue weighted by Gasteiger charge is -2.36. The number of anilines is 1. The third-order valence-corrected chi connectivity index (χ3v) is 5.14. The van der Waals surface area contributed by atoms with Crippen molar-refractivity contribution in [1.29, 1.82) is 0 Å². The van der Waals surface area contributed by atoms with Crippen molar-refractivity contribution in [2.24, 2.45) is 0 Å². The van der Waals surface area contributed by atoms with Gasteiger partial charge in [0.05, 0.1) is 18.5 Å². The van der Waals surface area contributed by atoms with E-state index in [0.717, 1.165) is 68.0 Å². The number of rotatable bonds is 6. The number of aromatic nitrogens is 1. The maximum absolute atomic E-state index is 5.50. The molecule has 1 aliphatic heterocycles. The normalized spacial score (nSPS) is 14.4. The van der Waals surface area contributed by atoms with Crippen LogP contribution >= 0.6 is 24.8 Å². The minimum Gasteiger partial charge on any atom is -0.495 e. The Bertz CT molecular complexity index is 863. The van der Waals surface area contributed by atoms with Gasteiger partial charge in [0.2, 0.25) is 0 Å². The van der Waals surface area contributed by atoms with Crippen LogP contribution in [0.25, 0.3) is 11.0 Å². The number of aryl methyl sites for hydroxylation is 1. The van der Waals surface area contributed by atoms with E-state index < -0.39 is 0 Å². The van der Waals surface area contributed by atoms with Crippen LogP contribution in [0.15, 0.2) is 53.1 Å². The SMILES string of the molecule is COc1ccccc1N1CCN(CCCc2noc3ccccc23)CC1.Cl.Cl. The number of nitrogens with zero attached hydrogens (tertiary/aromatic N) is 3. The molecule has 1 aliphatic rings. The molecule has 0 aliphatic carbocycles. The van der Waals surface area contributed by atoms with E-state index in [0.29, 0.717) is 0 Å². The van der Waals surface area contributed by atoms with Crippen molar-refractivity contribution < 1.29 is 9.26 Å². The van der Waals surface area contributed by atoms with Gasteiger partial charge in [0.25, 0.3) is 0 Å². The summed E-state index contributed by atoms with van der Waals surface area (Å²) in [4.78, 5) is 4.95. The van der Waals surface area contributed by atoms with E-state index in [1.807, 2.05) is 30.3 Å². The number of piperazine rings is 1. The number of benzene rings is 2. The molecule has 0 spiro atoms. The summed E-state index contributed by atoms with van der Waals surface area (Å²) in [5.41, 5.74) is 3.16. The summed E-state index contributed by atoms with van der Waals surface area (Å²) >= 11 is 0. The lowest BCUT2D eigenvalue weighted by atomic mass is 10.1. The zero-order chi connectivity index (χ0) is 17.8. The van der Waals surface area contributed by atoms with Crippen LogP contribution in [0.4, 0.5) is 5.69 Å². The van der Waals surface area contributed by atoms with Crippen molar-refractivity contribution in [3.05, 3.63) is 54.2 Å². The summed E-state index contributed by atoms with van der Waals surface area (Å²) < 4.78 is 10.9. The Balaban J connectivity index is 0.00000140. The summed E-state index contributed by atoms with van der Waals surface area (Å²) in [6, 6.07) is 16.4. The molecule has 2 aromatic carbocycles. The van der Waals surface area contributed by atoms with Gasteiger partial charge in [0.15, 0.2) is 5.58 Å². The first-order valence-electron chi connectivity index (χ1n) is 9.29. The van der Waals surface area contributed by atoms with E-state index >= 15 is 0 Å². The monoisotopic (exact) mass is 423 g/mol. The number of hydrogen-bond donors (Lipinski definition) is 0. The second kappa shape index (κ2) is 10.6. The van der Waals surface area contributed by atoms with E-state index in [4.69, 9.17) is 9.26 Å². The molecule has 0 N–H and O–H groups in total. The maximum atomic E-state index is 5.50. The first-order valence-corrected chi connectivity index (χ1v) is 9.29. The van der Waals surface area contributed by atoms with Crippen molar-refractivity contribution in [2.75, 3.05) is 44.7 Å². The molecule has 28 heavy (non-hydrogen) atoms. The van der Waals surface area contributed by atoms with Crippen molar-refractivity contribution in [3.8, 4) is 5.75 Å². The van der Waals surface area contributed by atoms with Gasteiger partial charge in [-0.1, -0.05) is 29.4 Å². The number of para-hydroxylation sites is 3. The molecule has 0 unspecified atom stereocenters. The second-order valence-corrected chi connectivity index (χ2v) is 6.73. The predicted octanol–water partition coefficient (Wildman–Crippen LogP) is 4.43. The van der Waals surface area contributed by atoms with Gasteiger partial charge >= 0.3 is 0 Å². The summed E-state index contributed by atoms with van der Waals surface area (Å²) in [5.74, 6) is 0.957. The van der Waals surface area contributed by atoms with E-state index in [2.05, 4.69) is 33.2 Å². The summed E-state index contributed by atoms with van der Waals surface area (Å²) in [5, 5.41) is 5.38. The fourth-order valence-corrected chi connectivity index (χ4v) is 3.69. The van der Waals surface area contributed by atoms with Gasteiger partial charge in [0, 0.05) is 31.6 Å². The number of hydrogen-bond acceptors (Lipinski definition) is 5. The van der Waals surface area contributed by atoms with Crippen LogP contribution in [-0.2, 0) is 6.42 Å². The Kier molecular flexibility index (Phi) is 8.42. The maximum Gasteiger partial charge on any atom is 0.167 e. The quantitative estimate of drug-likeness (QED) is 0.586. The minimum atomic E-state index is 0. The number of halogens is 2. The van der Waals surface area contributed by atoms with E-state index in [9.17, 15) is 0 Å². The van der Waals surface area contributed by atoms with Crippen LogP contribution in [0.1, 0.15) is 12.1 Å². The summed E-state index contributed by atoms with van der Waals surface area (Å²) in [6.07, 6.45) is 2.06. The highest BCUT2D eigenvalue weighted by Crippen LogP contribution is 2.28. The van der Waals surface area contributed by atoms with Crippen molar-refractivity contribution in [1.82, 2.24) is 10.1 Å². The fraction of sp³-hybridized carbons (Fsp3) is 0.381. The number of fused-ring (bicyclic) bond motifs is 1. The second-order valence-electron chi connectivity index (χ2n) is 6.73. The Morgan fingerprint density at radius 2 is 1.68 bits per heavy atom. The molecule has 5 nitrogen and oxygen atoms in total. The molecule has 1 saturated heterocycles. The van der Waals surface area contributed by atoms with Gasteiger partial charge in [-0.05, 0) is 43.7 Å². The third-order valence-electron chi connectivity index (χ3n) is 5.14. The molecule has 152 valence electrons. The molecule has 1 aromatic heterocycles. The van der Waals surface area contributed by atoms with E-state index in [1.165, 1.54) is 5.69 Å². The van der Waals surface area contributed by atoms with Crippen LogP contribution in [0.2, 0.25) is 0 Å². The third kappa shape index (κ3) is 4.90. The van der Waals surface area contributed by atoms with Crippen molar-refractivity contribution in [3.63, 3.8) is 0 Å². The first kappa shape index (κ1) is 22.3. The highest BCUT2D eigenvalue weighted by Gasteiger charge is 2.19. The lowest BCUT2D eigenvalue weighted by Crippen LogP contribution is -2.46. The van der Waals surface area contributed by atoms with Crippen LogP contribution in [0.5, 0.6) is 5.75 Å². The average molecular weight is 424 g/mol.